The van der Waals surface area contributed by atoms with Gasteiger partial charge in [-0.2, -0.15) is 5.10 Å². The van der Waals surface area contributed by atoms with Gasteiger partial charge in [-0.25, -0.2) is 5.43 Å². The van der Waals surface area contributed by atoms with E-state index in [1.807, 2.05) is 37.3 Å². The van der Waals surface area contributed by atoms with E-state index >= 15 is 0 Å². The molecule has 0 saturated carbocycles. The number of nitrogens with one attached hydrogen (secondary N) is 2. The third-order valence-electron chi connectivity index (χ3n) is 3.83. The predicted molar refractivity (Wildman–Crippen MR) is 115 cm³/mol. The maximum Gasteiger partial charge on any atom is 0.262 e. The molecule has 1 unspecified atom stereocenters. The molecule has 1 atom stereocenters. The molecule has 2 rings (SSSR count). The first-order valence-corrected chi connectivity index (χ1v) is 9.27. The van der Waals surface area contributed by atoms with E-state index in [0.29, 0.717) is 12.0 Å². The monoisotopic (exact) mass is 463 g/mol. The van der Waals surface area contributed by atoms with E-state index in [4.69, 9.17) is 0 Å². The largest absolute Gasteiger partial charge is 0.507 e. The van der Waals surface area contributed by atoms with Crippen LogP contribution in [0.1, 0.15) is 23.6 Å². The van der Waals surface area contributed by atoms with Crippen LogP contribution in [0.25, 0.3) is 0 Å². The van der Waals surface area contributed by atoms with E-state index in [0.717, 1.165) is 16.8 Å². The lowest BCUT2D eigenvalue weighted by Crippen LogP contribution is -2.34. The third kappa shape index (κ3) is 5.32. The van der Waals surface area contributed by atoms with Gasteiger partial charge in [0.05, 0.1) is 6.21 Å². The minimum atomic E-state index is -0.452. The Morgan fingerprint density at radius 2 is 2.15 bits per heavy atom. The van der Waals surface area contributed by atoms with Gasteiger partial charge in [-0.05, 0) is 78.3 Å². The summed E-state index contributed by atoms with van der Waals surface area (Å²) in [6, 6.07) is 10.9. The maximum atomic E-state index is 12.2. The Hall–Kier alpha value is -2.35. The molecular formula is C20H22IN3O2. The van der Waals surface area contributed by atoms with Gasteiger partial charge in [0.25, 0.3) is 5.91 Å². The Labute approximate surface area is 167 Å². The standard InChI is InChI=1S/C20H22IN3O2/c1-4-6-15-7-5-8-16(19(15)25)12-22-24-20(26)14(3)23-17-9-10-18(21)13(2)11-17/h4-5,7-12,14,23,25H,1,6H2,2-3H3,(H,24,26)/b22-12+. The van der Waals surface area contributed by atoms with E-state index in [-0.39, 0.29) is 11.7 Å². The predicted octanol–water partition coefficient (Wildman–Crippen LogP) is 3.98. The molecule has 0 spiro atoms. The number of aryl methyl sites for hydroxylation is 1. The van der Waals surface area contributed by atoms with E-state index in [1.54, 1.807) is 19.1 Å². The number of aromatic hydroxyl groups is 1. The lowest BCUT2D eigenvalue weighted by Gasteiger charge is -2.14. The average Bonchev–Trinajstić information content (AvgIpc) is 2.61. The fourth-order valence-corrected chi connectivity index (χ4v) is 2.68. The molecule has 0 radical (unpaired) electrons. The van der Waals surface area contributed by atoms with Crippen LogP contribution in [0.15, 0.2) is 54.2 Å². The van der Waals surface area contributed by atoms with Gasteiger partial charge in [0.1, 0.15) is 11.8 Å². The number of hydrogen-bond acceptors (Lipinski definition) is 4. The van der Waals surface area contributed by atoms with Crippen LogP contribution in [0, 0.1) is 10.5 Å². The van der Waals surface area contributed by atoms with Crippen molar-refractivity contribution in [1.29, 1.82) is 0 Å². The van der Waals surface area contributed by atoms with Crippen molar-refractivity contribution < 1.29 is 9.90 Å². The summed E-state index contributed by atoms with van der Waals surface area (Å²) in [5.41, 5.74) is 5.82. The zero-order valence-electron chi connectivity index (χ0n) is 14.8. The molecule has 0 aliphatic carbocycles. The molecular weight excluding hydrogens is 441 g/mol. The summed E-state index contributed by atoms with van der Waals surface area (Å²) < 4.78 is 1.17. The van der Waals surface area contributed by atoms with Crippen molar-refractivity contribution in [2.45, 2.75) is 26.3 Å². The number of halogens is 1. The van der Waals surface area contributed by atoms with Crippen molar-refractivity contribution in [3.8, 4) is 5.75 Å². The highest BCUT2D eigenvalue weighted by atomic mass is 127. The van der Waals surface area contributed by atoms with Gasteiger partial charge in [0.15, 0.2) is 0 Å². The number of carbonyl (C=O) groups excluding carboxylic acids is 1. The van der Waals surface area contributed by atoms with Crippen LogP contribution in [-0.2, 0) is 11.2 Å². The van der Waals surface area contributed by atoms with Crippen molar-refractivity contribution in [2.24, 2.45) is 5.10 Å². The number of allylic oxidation sites excluding steroid dienone is 1. The fourth-order valence-electron chi connectivity index (χ4n) is 2.35. The molecule has 0 aliphatic heterocycles. The van der Waals surface area contributed by atoms with Crippen molar-refractivity contribution in [2.75, 3.05) is 5.32 Å². The van der Waals surface area contributed by atoms with Gasteiger partial charge in [0, 0.05) is 14.8 Å². The molecule has 0 bridgehead atoms. The molecule has 5 nitrogen and oxygen atoms in total. The molecule has 0 fully saturated rings. The number of phenolic OH excluding ortho intramolecular Hbond substituents is 1. The highest BCUT2D eigenvalue weighted by Crippen LogP contribution is 2.21. The number of para-hydroxylation sites is 1. The first-order valence-electron chi connectivity index (χ1n) is 8.19. The second-order valence-corrected chi connectivity index (χ2v) is 7.07. The first-order chi connectivity index (χ1) is 12.4. The van der Waals surface area contributed by atoms with Crippen LogP contribution < -0.4 is 10.7 Å². The smallest absolute Gasteiger partial charge is 0.262 e. The molecule has 1 amide bonds. The summed E-state index contributed by atoms with van der Waals surface area (Å²) in [4.78, 5) is 12.2. The normalized spacial score (nSPS) is 12.0. The highest BCUT2D eigenvalue weighted by Gasteiger charge is 2.12. The van der Waals surface area contributed by atoms with Crippen LogP contribution in [0.4, 0.5) is 5.69 Å². The maximum absolute atomic E-state index is 12.2. The second-order valence-electron chi connectivity index (χ2n) is 5.91. The van der Waals surface area contributed by atoms with Crippen LogP contribution in [0.3, 0.4) is 0 Å². The van der Waals surface area contributed by atoms with Gasteiger partial charge in [0.2, 0.25) is 0 Å². The summed E-state index contributed by atoms with van der Waals surface area (Å²) >= 11 is 2.27. The molecule has 26 heavy (non-hydrogen) atoms. The Balaban J connectivity index is 1.97. The average molecular weight is 463 g/mol. The van der Waals surface area contributed by atoms with Gasteiger partial charge in [-0.15, -0.1) is 6.58 Å². The minimum Gasteiger partial charge on any atom is -0.507 e. The lowest BCUT2D eigenvalue weighted by molar-refractivity contribution is -0.121. The lowest BCUT2D eigenvalue weighted by atomic mass is 10.1. The molecule has 0 saturated heterocycles. The van der Waals surface area contributed by atoms with Gasteiger partial charge in [-0.1, -0.05) is 18.2 Å². The first kappa shape index (κ1) is 20.0. The Morgan fingerprint density at radius 3 is 2.85 bits per heavy atom. The Bertz CT molecular complexity index is 834. The molecule has 3 N–H and O–H groups in total. The topological polar surface area (TPSA) is 73.7 Å². The van der Waals surface area contributed by atoms with Crippen LogP contribution in [-0.4, -0.2) is 23.3 Å². The van der Waals surface area contributed by atoms with Crippen LogP contribution in [0.2, 0.25) is 0 Å². The van der Waals surface area contributed by atoms with Crippen molar-refractivity contribution in [1.82, 2.24) is 5.43 Å². The van der Waals surface area contributed by atoms with E-state index < -0.39 is 6.04 Å². The Morgan fingerprint density at radius 1 is 1.38 bits per heavy atom. The van der Waals surface area contributed by atoms with E-state index in [2.05, 4.69) is 45.0 Å². The van der Waals surface area contributed by atoms with Crippen molar-refractivity contribution >= 4 is 40.4 Å². The third-order valence-corrected chi connectivity index (χ3v) is 5.04. The molecule has 0 aromatic heterocycles. The van der Waals surface area contributed by atoms with Gasteiger partial charge in [-0.3, -0.25) is 4.79 Å². The number of amides is 1. The zero-order chi connectivity index (χ0) is 19.1. The summed E-state index contributed by atoms with van der Waals surface area (Å²) in [6.07, 6.45) is 3.72. The summed E-state index contributed by atoms with van der Waals surface area (Å²) in [5, 5.41) is 17.3. The molecule has 2 aromatic rings. The molecule has 0 heterocycles. The second kappa shape index (κ2) is 9.38. The van der Waals surface area contributed by atoms with Gasteiger partial charge < -0.3 is 10.4 Å². The van der Waals surface area contributed by atoms with Crippen LogP contribution >= 0.6 is 22.6 Å². The summed E-state index contributed by atoms with van der Waals surface area (Å²) in [7, 11) is 0. The number of nitrogens with zero attached hydrogens (tertiary/aromatic N) is 1. The SMILES string of the molecule is C=CCc1cccc(/C=N/NC(=O)C(C)Nc2ccc(I)c(C)c2)c1O. The Kier molecular flexibility index (Phi) is 7.20. The molecule has 6 heteroatoms. The number of phenols is 1. The number of hydrazone groups is 1. The van der Waals surface area contributed by atoms with E-state index in [1.165, 1.54) is 9.78 Å². The molecule has 2 aromatic carbocycles. The van der Waals surface area contributed by atoms with Crippen molar-refractivity contribution in [3.63, 3.8) is 0 Å². The fraction of sp³-hybridized carbons (Fsp3) is 0.200. The number of benzene rings is 2. The number of rotatable bonds is 7. The summed E-state index contributed by atoms with van der Waals surface area (Å²) in [6.45, 7) is 7.45. The summed E-state index contributed by atoms with van der Waals surface area (Å²) in [5.74, 6) is -0.120. The highest BCUT2D eigenvalue weighted by molar-refractivity contribution is 14.1. The molecule has 0 aliphatic rings. The van der Waals surface area contributed by atoms with Gasteiger partial charge >= 0.3 is 0 Å². The molecule has 136 valence electrons. The zero-order valence-corrected chi connectivity index (χ0v) is 16.9. The van der Waals surface area contributed by atoms with Crippen molar-refractivity contribution in [3.05, 3.63) is 69.3 Å². The van der Waals surface area contributed by atoms with E-state index in [9.17, 15) is 9.90 Å². The number of carbonyl (C=O) groups is 1. The number of anilines is 1. The minimum absolute atomic E-state index is 0.144. The van der Waals surface area contributed by atoms with Crippen LogP contribution in [0.5, 0.6) is 5.75 Å². The quantitative estimate of drug-likeness (QED) is 0.252. The number of hydrogen-bond donors (Lipinski definition) is 3.